The second-order valence-corrected chi connectivity index (χ2v) is 3.42. The van der Waals surface area contributed by atoms with E-state index in [-0.39, 0.29) is 17.9 Å². The van der Waals surface area contributed by atoms with E-state index in [1.54, 1.807) is 13.1 Å². The second kappa shape index (κ2) is 4.24. The monoisotopic (exact) mass is 236 g/mol. The Morgan fingerprint density at radius 3 is 2.88 bits per heavy atom. The first-order valence-corrected chi connectivity index (χ1v) is 4.88. The van der Waals surface area contributed by atoms with E-state index in [1.807, 2.05) is 6.92 Å². The van der Waals surface area contributed by atoms with Gasteiger partial charge in [0.1, 0.15) is 5.69 Å². The zero-order valence-corrected chi connectivity index (χ0v) is 9.68. The van der Waals surface area contributed by atoms with E-state index in [0.29, 0.717) is 5.69 Å². The normalized spacial score (nSPS) is 10.3. The predicted molar refractivity (Wildman–Crippen MR) is 58.8 cm³/mol. The predicted octanol–water partition coefficient (Wildman–Crippen LogP) is 0.108. The number of nitrogens with one attached hydrogen (secondary N) is 2. The van der Waals surface area contributed by atoms with Crippen LogP contribution in [-0.2, 0) is 7.05 Å². The summed E-state index contributed by atoms with van der Waals surface area (Å²) in [5.41, 5.74) is 1.21. The third-order valence-corrected chi connectivity index (χ3v) is 2.11. The van der Waals surface area contributed by atoms with E-state index in [1.165, 1.54) is 11.8 Å². The molecule has 1 amide bonds. The van der Waals surface area contributed by atoms with Gasteiger partial charge >= 0.3 is 6.01 Å². The Bertz CT molecular complexity index is 543. The summed E-state index contributed by atoms with van der Waals surface area (Å²) in [6.07, 6.45) is 0. The van der Waals surface area contributed by atoms with Gasteiger partial charge in [-0.3, -0.25) is 14.8 Å². The number of aromatic amines is 1. The molecule has 0 aliphatic rings. The molecular formula is C9H12N6O2. The summed E-state index contributed by atoms with van der Waals surface area (Å²) in [5.74, 6) is -0.0855. The smallest absolute Gasteiger partial charge is 0.336 e. The lowest BCUT2D eigenvalue weighted by Crippen LogP contribution is -2.16. The minimum absolute atomic E-state index is 0.168. The van der Waals surface area contributed by atoms with Gasteiger partial charge in [0, 0.05) is 7.05 Å². The molecule has 2 heterocycles. The van der Waals surface area contributed by atoms with Crippen LogP contribution in [0.25, 0.3) is 0 Å². The molecule has 0 saturated carbocycles. The molecule has 0 unspecified atom stereocenters. The third kappa shape index (κ3) is 2.25. The fourth-order valence-electron chi connectivity index (χ4n) is 1.39. The van der Waals surface area contributed by atoms with Crippen molar-refractivity contribution in [3.05, 3.63) is 17.5 Å². The Balaban J connectivity index is 2.14. The number of aromatic nitrogens is 5. The van der Waals surface area contributed by atoms with Gasteiger partial charge in [-0.15, -0.1) is 5.10 Å². The number of rotatable bonds is 3. The van der Waals surface area contributed by atoms with Crippen molar-refractivity contribution in [1.82, 2.24) is 25.0 Å². The number of nitrogens with zero attached hydrogens (tertiary/aromatic N) is 4. The SMILES string of the molecule is COc1n[nH]c(NC(=O)c2cc(C)nn2C)n1. The molecule has 2 aromatic rings. The lowest BCUT2D eigenvalue weighted by molar-refractivity contribution is 0.101. The molecule has 2 rings (SSSR count). The highest BCUT2D eigenvalue weighted by atomic mass is 16.5. The van der Waals surface area contributed by atoms with Gasteiger partial charge in [0.05, 0.1) is 12.8 Å². The van der Waals surface area contributed by atoms with Gasteiger partial charge < -0.3 is 4.74 Å². The molecule has 0 saturated heterocycles. The lowest BCUT2D eigenvalue weighted by Gasteiger charge is -2.00. The Labute approximate surface area is 97.0 Å². The molecule has 17 heavy (non-hydrogen) atoms. The topological polar surface area (TPSA) is 97.7 Å². The summed E-state index contributed by atoms with van der Waals surface area (Å²) in [4.78, 5) is 15.7. The molecule has 2 aromatic heterocycles. The number of H-pyrrole nitrogens is 1. The first kappa shape index (κ1) is 11.1. The van der Waals surface area contributed by atoms with E-state index in [9.17, 15) is 4.79 Å². The number of ether oxygens (including phenoxy) is 1. The van der Waals surface area contributed by atoms with Crippen molar-refractivity contribution in [2.24, 2.45) is 7.05 Å². The maximum atomic E-state index is 11.8. The quantitative estimate of drug-likeness (QED) is 0.788. The number of carbonyl (C=O) groups is 1. The third-order valence-electron chi connectivity index (χ3n) is 2.11. The van der Waals surface area contributed by atoms with Crippen molar-refractivity contribution in [2.45, 2.75) is 6.92 Å². The molecule has 0 fully saturated rings. The largest absolute Gasteiger partial charge is 0.466 e. The summed E-state index contributed by atoms with van der Waals surface area (Å²) in [6.45, 7) is 1.81. The van der Waals surface area contributed by atoms with E-state index in [0.717, 1.165) is 5.69 Å². The van der Waals surface area contributed by atoms with Crippen LogP contribution in [0.5, 0.6) is 6.01 Å². The minimum Gasteiger partial charge on any atom is -0.466 e. The van der Waals surface area contributed by atoms with E-state index >= 15 is 0 Å². The summed E-state index contributed by atoms with van der Waals surface area (Å²) in [5, 5.41) is 12.9. The fraction of sp³-hybridized carbons (Fsp3) is 0.333. The number of anilines is 1. The highest BCUT2D eigenvalue weighted by Crippen LogP contribution is 2.08. The van der Waals surface area contributed by atoms with E-state index in [4.69, 9.17) is 4.74 Å². The molecule has 8 heteroatoms. The van der Waals surface area contributed by atoms with Crippen LogP contribution in [0, 0.1) is 6.92 Å². The molecule has 0 aliphatic carbocycles. The number of carbonyl (C=O) groups excluding carboxylic acids is 1. The molecule has 0 bridgehead atoms. The van der Waals surface area contributed by atoms with Crippen molar-refractivity contribution in [3.63, 3.8) is 0 Å². The van der Waals surface area contributed by atoms with Crippen molar-refractivity contribution < 1.29 is 9.53 Å². The second-order valence-electron chi connectivity index (χ2n) is 3.42. The van der Waals surface area contributed by atoms with Crippen molar-refractivity contribution in [2.75, 3.05) is 12.4 Å². The number of amides is 1. The molecule has 0 aliphatic heterocycles. The molecule has 8 nitrogen and oxygen atoms in total. The zero-order valence-electron chi connectivity index (χ0n) is 9.68. The van der Waals surface area contributed by atoms with Crippen LogP contribution in [0.4, 0.5) is 5.95 Å². The van der Waals surface area contributed by atoms with Crippen LogP contribution in [0.15, 0.2) is 6.07 Å². The molecule has 0 spiro atoms. The first-order valence-electron chi connectivity index (χ1n) is 4.88. The zero-order chi connectivity index (χ0) is 12.4. The van der Waals surface area contributed by atoms with Crippen molar-refractivity contribution in [3.8, 4) is 6.01 Å². The van der Waals surface area contributed by atoms with Gasteiger partial charge in [0.2, 0.25) is 5.95 Å². The van der Waals surface area contributed by atoms with Crippen molar-refractivity contribution in [1.29, 1.82) is 0 Å². The summed E-state index contributed by atoms with van der Waals surface area (Å²) in [6, 6.07) is 1.85. The average Bonchev–Trinajstić information content (AvgIpc) is 2.85. The van der Waals surface area contributed by atoms with Crippen LogP contribution in [0.1, 0.15) is 16.2 Å². The first-order chi connectivity index (χ1) is 8.10. The van der Waals surface area contributed by atoms with Gasteiger partial charge in [0.15, 0.2) is 0 Å². The number of hydrogen-bond donors (Lipinski definition) is 2. The van der Waals surface area contributed by atoms with E-state index < -0.39 is 0 Å². The molecule has 2 N–H and O–H groups in total. The van der Waals surface area contributed by atoms with Crippen molar-refractivity contribution >= 4 is 11.9 Å². The van der Waals surface area contributed by atoms with Crippen LogP contribution in [0.2, 0.25) is 0 Å². The molecular weight excluding hydrogens is 224 g/mol. The average molecular weight is 236 g/mol. The van der Waals surface area contributed by atoms with Gasteiger partial charge in [-0.05, 0) is 13.0 Å². The maximum absolute atomic E-state index is 11.8. The Morgan fingerprint density at radius 1 is 1.59 bits per heavy atom. The highest BCUT2D eigenvalue weighted by molar-refractivity contribution is 6.02. The molecule has 90 valence electrons. The summed E-state index contributed by atoms with van der Waals surface area (Å²) < 4.78 is 6.29. The van der Waals surface area contributed by atoms with Crippen LogP contribution < -0.4 is 10.1 Å². The molecule has 0 radical (unpaired) electrons. The Kier molecular flexibility index (Phi) is 2.77. The minimum atomic E-state index is -0.313. The van der Waals surface area contributed by atoms with Gasteiger partial charge in [0.25, 0.3) is 5.91 Å². The maximum Gasteiger partial charge on any atom is 0.336 e. The Morgan fingerprint density at radius 2 is 2.35 bits per heavy atom. The highest BCUT2D eigenvalue weighted by Gasteiger charge is 2.13. The number of methoxy groups -OCH3 is 1. The van der Waals surface area contributed by atoms with Gasteiger partial charge in [-0.1, -0.05) is 0 Å². The Hall–Kier alpha value is -2.38. The van der Waals surface area contributed by atoms with Crippen LogP contribution in [0.3, 0.4) is 0 Å². The number of hydrogen-bond acceptors (Lipinski definition) is 5. The van der Waals surface area contributed by atoms with E-state index in [2.05, 4.69) is 25.6 Å². The standard InChI is InChI=1S/C9H12N6O2/c1-5-4-6(15(2)14-5)7(16)10-8-11-9(17-3)13-12-8/h4H,1-3H3,(H2,10,11,12,13,16). The van der Waals surface area contributed by atoms with Gasteiger partial charge in [-0.2, -0.15) is 10.1 Å². The molecule has 0 atom stereocenters. The summed E-state index contributed by atoms with van der Waals surface area (Å²) >= 11 is 0. The fourth-order valence-corrected chi connectivity index (χ4v) is 1.39. The number of aryl methyl sites for hydroxylation is 2. The van der Waals surface area contributed by atoms with Crippen LogP contribution >= 0.6 is 0 Å². The lowest BCUT2D eigenvalue weighted by atomic mass is 10.3. The van der Waals surface area contributed by atoms with Crippen LogP contribution in [-0.4, -0.2) is 38.0 Å². The molecule has 0 aromatic carbocycles. The van der Waals surface area contributed by atoms with Gasteiger partial charge in [-0.25, -0.2) is 5.10 Å². The summed E-state index contributed by atoms with van der Waals surface area (Å²) in [7, 11) is 3.14.